The number of ether oxygens (including phenoxy) is 2. The van der Waals surface area contributed by atoms with Gasteiger partial charge in [-0.15, -0.1) is 0 Å². The summed E-state index contributed by atoms with van der Waals surface area (Å²) < 4.78 is 10.6. The van der Waals surface area contributed by atoms with Gasteiger partial charge in [0.15, 0.2) is 6.61 Å². The Labute approximate surface area is 161 Å². The van der Waals surface area contributed by atoms with Gasteiger partial charge in [0.1, 0.15) is 17.2 Å². The Balaban J connectivity index is 1.47. The number of carbonyl (C=O) groups excluding carboxylic acids is 3. The first-order valence-corrected chi connectivity index (χ1v) is 8.66. The average molecular weight is 381 g/mol. The summed E-state index contributed by atoms with van der Waals surface area (Å²) in [4.78, 5) is 34.7. The van der Waals surface area contributed by atoms with Crippen LogP contribution >= 0.6 is 0 Å². The van der Waals surface area contributed by atoms with Crippen LogP contribution in [0.4, 0.5) is 5.69 Å². The molecular formula is C20H19N3O5. The summed E-state index contributed by atoms with van der Waals surface area (Å²) in [6.07, 6.45) is 0.353. The number of aryl methyl sites for hydroxylation is 1. The molecule has 0 spiro atoms. The minimum atomic E-state index is -0.725. The number of benzene rings is 2. The molecule has 0 aromatic heterocycles. The number of nitrogens with zero attached hydrogens (tertiary/aromatic N) is 1. The highest BCUT2D eigenvalue weighted by atomic mass is 16.5. The van der Waals surface area contributed by atoms with Crippen LogP contribution in [-0.4, -0.2) is 30.1 Å². The third-order valence-corrected chi connectivity index (χ3v) is 3.87. The number of carbonyl (C=O) groups is 3. The Hall–Kier alpha value is -3.68. The maximum absolute atomic E-state index is 11.9. The molecule has 3 rings (SSSR count). The Bertz CT molecular complexity index is 904. The minimum Gasteiger partial charge on any atom is -0.457 e. The second kappa shape index (κ2) is 8.81. The van der Waals surface area contributed by atoms with Crippen LogP contribution in [-0.2, 0) is 19.1 Å². The van der Waals surface area contributed by atoms with Gasteiger partial charge >= 0.3 is 5.97 Å². The van der Waals surface area contributed by atoms with Gasteiger partial charge in [0.25, 0.3) is 5.91 Å². The number of amides is 2. The molecule has 144 valence electrons. The van der Waals surface area contributed by atoms with E-state index in [4.69, 9.17) is 9.47 Å². The van der Waals surface area contributed by atoms with Crippen molar-refractivity contribution in [1.82, 2.24) is 5.43 Å². The smallest absolute Gasteiger partial charge is 0.355 e. The molecule has 28 heavy (non-hydrogen) atoms. The van der Waals surface area contributed by atoms with E-state index in [2.05, 4.69) is 15.8 Å². The predicted octanol–water partition coefficient (Wildman–Crippen LogP) is 2.54. The highest BCUT2D eigenvalue weighted by Gasteiger charge is 2.20. The van der Waals surface area contributed by atoms with Gasteiger partial charge in [0, 0.05) is 18.5 Å². The number of nitrogens with one attached hydrogen (secondary N) is 2. The minimum absolute atomic E-state index is 0.0880. The fourth-order valence-corrected chi connectivity index (χ4v) is 2.38. The van der Waals surface area contributed by atoms with Crippen LogP contribution in [0.1, 0.15) is 18.4 Å². The maximum Gasteiger partial charge on any atom is 0.355 e. The number of hydrogen-bond donors (Lipinski definition) is 2. The van der Waals surface area contributed by atoms with Crippen LogP contribution in [0.15, 0.2) is 53.6 Å². The number of esters is 1. The Kier molecular flexibility index (Phi) is 6.01. The standard InChI is InChI=1S/C20H19N3O5/c1-13-2-6-15(7-3-13)28-16-8-4-14(5-9-16)21-19(25)12-27-20(26)17-10-11-18(24)23-22-17/h2-9H,10-12H2,1H3,(H,21,25)(H,23,24). The number of anilines is 1. The molecule has 2 aromatic carbocycles. The highest BCUT2D eigenvalue weighted by Crippen LogP contribution is 2.23. The van der Waals surface area contributed by atoms with Crippen molar-refractivity contribution in [2.24, 2.45) is 5.10 Å². The van der Waals surface area contributed by atoms with Crippen molar-refractivity contribution < 1.29 is 23.9 Å². The molecule has 0 unspecified atom stereocenters. The van der Waals surface area contributed by atoms with E-state index in [1.807, 2.05) is 31.2 Å². The van der Waals surface area contributed by atoms with Crippen molar-refractivity contribution in [2.75, 3.05) is 11.9 Å². The normalized spacial score (nSPS) is 13.2. The molecule has 8 heteroatoms. The van der Waals surface area contributed by atoms with Gasteiger partial charge in [-0.2, -0.15) is 5.10 Å². The molecule has 0 bridgehead atoms. The lowest BCUT2D eigenvalue weighted by molar-refractivity contribution is -0.140. The average Bonchev–Trinajstić information content (AvgIpc) is 2.70. The molecule has 0 aliphatic carbocycles. The third-order valence-electron chi connectivity index (χ3n) is 3.87. The molecule has 2 amide bonds. The fraction of sp³-hybridized carbons (Fsp3) is 0.200. The fourth-order valence-electron chi connectivity index (χ4n) is 2.38. The molecule has 1 heterocycles. The topological polar surface area (TPSA) is 106 Å². The molecular weight excluding hydrogens is 362 g/mol. The second-order valence-electron chi connectivity index (χ2n) is 6.16. The zero-order valence-corrected chi connectivity index (χ0v) is 15.2. The van der Waals surface area contributed by atoms with Crippen molar-refractivity contribution in [1.29, 1.82) is 0 Å². The first kappa shape index (κ1) is 19.1. The lowest BCUT2D eigenvalue weighted by Gasteiger charge is -2.11. The van der Waals surface area contributed by atoms with Gasteiger partial charge in [0.05, 0.1) is 0 Å². The van der Waals surface area contributed by atoms with E-state index < -0.39 is 18.5 Å². The van der Waals surface area contributed by atoms with Gasteiger partial charge < -0.3 is 14.8 Å². The first-order chi connectivity index (χ1) is 13.5. The van der Waals surface area contributed by atoms with Gasteiger partial charge in [-0.05, 0) is 43.3 Å². The van der Waals surface area contributed by atoms with Gasteiger partial charge in [-0.3, -0.25) is 9.59 Å². The first-order valence-electron chi connectivity index (χ1n) is 8.66. The van der Waals surface area contributed by atoms with E-state index in [1.54, 1.807) is 24.3 Å². The third kappa shape index (κ3) is 5.41. The molecule has 8 nitrogen and oxygen atoms in total. The Morgan fingerprint density at radius 3 is 2.29 bits per heavy atom. The van der Waals surface area contributed by atoms with Gasteiger partial charge in [-0.25, -0.2) is 10.2 Å². The summed E-state index contributed by atoms with van der Waals surface area (Å²) in [6, 6.07) is 14.5. The highest BCUT2D eigenvalue weighted by molar-refractivity contribution is 6.37. The molecule has 0 fully saturated rings. The summed E-state index contributed by atoms with van der Waals surface area (Å²) in [5.41, 5.74) is 3.98. The molecule has 2 N–H and O–H groups in total. The number of hydrogen-bond acceptors (Lipinski definition) is 6. The molecule has 1 aliphatic heterocycles. The lowest BCUT2D eigenvalue weighted by Crippen LogP contribution is -2.32. The summed E-state index contributed by atoms with van der Waals surface area (Å²) in [5.74, 6) is -0.121. The van der Waals surface area contributed by atoms with E-state index in [1.165, 1.54) is 0 Å². The van der Waals surface area contributed by atoms with Crippen molar-refractivity contribution in [3.63, 3.8) is 0 Å². The summed E-state index contributed by atoms with van der Waals surface area (Å²) >= 11 is 0. The Morgan fingerprint density at radius 2 is 1.68 bits per heavy atom. The predicted molar refractivity (Wildman–Crippen MR) is 102 cm³/mol. The lowest BCUT2D eigenvalue weighted by atomic mass is 10.2. The molecule has 0 saturated carbocycles. The van der Waals surface area contributed by atoms with Crippen molar-refractivity contribution in [3.05, 3.63) is 54.1 Å². The van der Waals surface area contributed by atoms with Crippen molar-refractivity contribution >= 4 is 29.2 Å². The number of hydrazone groups is 1. The van der Waals surface area contributed by atoms with Crippen LogP contribution in [0.3, 0.4) is 0 Å². The monoisotopic (exact) mass is 381 g/mol. The van der Waals surface area contributed by atoms with Crippen LogP contribution in [0, 0.1) is 6.92 Å². The second-order valence-corrected chi connectivity index (χ2v) is 6.16. The molecule has 0 saturated heterocycles. The van der Waals surface area contributed by atoms with Crippen LogP contribution in [0.2, 0.25) is 0 Å². The van der Waals surface area contributed by atoms with E-state index in [9.17, 15) is 14.4 Å². The maximum atomic E-state index is 11.9. The molecule has 1 aliphatic rings. The van der Waals surface area contributed by atoms with Crippen LogP contribution in [0.5, 0.6) is 11.5 Å². The Morgan fingerprint density at radius 1 is 1.04 bits per heavy atom. The molecule has 0 radical (unpaired) electrons. The van der Waals surface area contributed by atoms with Gasteiger partial charge in [0.2, 0.25) is 5.91 Å². The summed E-state index contributed by atoms with van der Waals surface area (Å²) in [6.45, 7) is 1.55. The quantitative estimate of drug-likeness (QED) is 0.748. The number of rotatable bonds is 6. The van der Waals surface area contributed by atoms with Crippen LogP contribution < -0.4 is 15.5 Å². The van der Waals surface area contributed by atoms with Gasteiger partial charge in [-0.1, -0.05) is 17.7 Å². The van der Waals surface area contributed by atoms with E-state index in [-0.39, 0.29) is 24.5 Å². The zero-order chi connectivity index (χ0) is 19.9. The largest absolute Gasteiger partial charge is 0.457 e. The SMILES string of the molecule is Cc1ccc(Oc2ccc(NC(=O)COC(=O)C3=NNC(=O)CC3)cc2)cc1. The summed E-state index contributed by atoms with van der Waals surface area (Å²) in [5, 5.41) is 6.24. The van der Waals surface area contributed by atoms with Crippen LogP contribution in [0.25, 0.3) is 0 Å². The van der Waals surface area contributed by atoms with E-state index in [0.29, 0.717) is 11.4 Å². The van der Waals surface area contributed by atoms with E-state index >= 15 is 0 Å². The zero-order valence-electron chi connectivity index (χ0n) is 15.2. The summed E-state index contributed by atoms with van der Waals surface area (Å²) in [7, 11) is 0. The van der Waals surface area contributed by atoms with Crippen molar-refractivity contribution in [2.45, 2.75) is 19.8 Å². The molecule has 2 aromatic rings. The molecule has 0 atom stereocenters. The van der Waals surface area contributed by atoms with E-state index in [0.717, 1.165) is 11.3 Å². The van der Waals surface area contributed by atoms with Crippen molar-refractivity contribution in [3.8, 4) is 11.5 Å².